The largest absolute Gasteiger partial charge is 0.493 e. The molecule has 2 atom stereocenters. The van der Waals surface area contributed by atoms with Gasteiger partial charge in [0.1, 0.15) is 22.6 Å². The average Bonchev–Trinajstić information content (AvgIpc) is 2.66. The number of nitrogens with one attached hydrogen (secondary N) is 1. The van der Waals surface area contributed by atoms with Crippen LogP contribution in [0, 0.1) is 10.1 Å². The molecular weight excluding hydrogens is 463 g/mol. The molecule has 2 aliphatic heterocycles. The predicted octanol–water partition coefficient (Wildman–Crippen LogP) is 4.44. The van der Waals surface area contributed by atoms with Gasteiger partial charge in [0.2, 0.25) is 0 Å². The zero-order valence-corrected chi connectivity index (χ0v) is 20.9. The number of carbonyl (C=O) groups is 2. The molecule has 2 amide bonds. The number of carbonyl (C=O) groups excluding carboxylic acids is 2. The van der Waals surface area contributed by atoms with Crippen LogP contribution in [0.2, 0.25) is 0 Å². The van der Waals surface area contributed by atoms with Gasteiger partial charge in [-0.2, -0.15) is 0 Å². The molecule has 0 saturated carbocycles. The van der Waals surface area contributed by atoms with Crippen molar-refractivity contribution in [1.82, 2.24) is 9.80 Å². The van der Waals surface area contributed by atoms with E-state index in [1.54, 1.807) is 46.4 Å². The first-order valence-electron chi connectivity index (χ1n) is 11.4. The zero-order valence-electron chi connectivity index (χ0n) is 20.9. The van der Waals surface area contributed by atoms with E-state index in [1.807, 2.05) is 0 Å². The van der Waals surface area contributed by atoms with Crippen molar-refractivity contribution in [3.05, 3.63) is 27.8 Å². The maximum absolute atomic E-state index is 15.3. The number of hydrogen-bond donors (Lipinski definition) is 1. The number of nitro benzene ring substituents is 1. The second-order valence-electron chi connectivity index (χ2n) is 10.6. The minimum Gasteiger partial charge on any atom is -0.493 e. The summed E-state index contributed by atoms with van der Waals surface area (Å²) in [6.45, 7) is 10.6. The molecule has 1 aromatic carbocycles. The second-order valence-corrected chi connectivity index (χ2v) is 10.6. The Morgan fingerprint density at radius 2 is 1.80 bits per heavy atom. The molecule has 1 unspecified atom stereocenters. The molecule has 2 aliphatic rings. The molecule has 0 spiro atoms. The Morgan fingerprint density at radius 1 is 1.14 bits per heavy atom. The quantitative estimate of drug-likeness (QED) is 0.362. The van der Waals surface area contributed by atoms with Crippen molar-refractivity contribution in [3.8, 4) is 5.75 Å². The number of ether oxygens (including phenoxy) is 3. The Bertz CT molecular complexity index is 989. The average molecular weight is 497 g/mol. The highest BCUT2D eigenvalue weighted by Crippen LogP contribution is 2.37. The second kappa shape index (κ2) is 9.84. The monoisotopic (exact) mass is 496 g/mol. The van der Waals surface area contributed by atoms with Crippen molar-refractivity contribution in [3.63, 3.8) is 0 Å². The van der Waals surface area contributed by atoms with Crippen LogP contribution in [0.3, 0.4) is 0 Å². The van der Waals surface area contributed by atoms with Crippen molar-refractivity contribution in [2.45, 2.75) is 78.0 Å². The molecule has 3 rings (SSSR count). The summed E-state index contributed by atoms with van der Waals surface area (Å²) >= 11 is 0. The third-order valence-electron chi connectivity index (χ3n) is 5.36. The number of nitrogens with zero attached hydrogens (tertiary/aromatic N) is 3. The number of halogens is 1. The first-order valence-corrected chi connectivity index (χ1v) is 11.4. The van der Waals surface area contributed by atoms with Crippen LogP contribution in [0.25, 0.3) is 0 Å². The maximum atomic E-state index is 15.3. The van der Waals surface area contributed by atoms with Crippen LogP contribution in [0.5, 0.6) is 5.75 Å². The van der Waals surface area contributed by atoms with E-state index in [4.69, 9.17) is 14.2 Å². The molecule has 11 nitrogen and oxygen atoms in total. The van der Waals surface area contributed by atoms with Gasteiger partial charge in [-0.15, -0.1) is 0 Å². The van der Waals surface area contributed by atoms with Crippen LogP contribution in [0.4, 0.5) is 25.4 Å². The number of rotatable bonds is 2. The van der Waals surface area contributed by atoms with Gasteiger partial charge in [0.25, 0.3) is 5.69 Å². The van der Waals surface area contributed by atoms with Gasteiger partial charge in [0, 0.05) is 36.8 Å². The van der Waals surface area contributed by atoms with Crippen LogP contribution >= 0.6 is 0 Å². The summed E-state index contributed by atoms with van der Waals surface area (Å²) in [5.74, 6) is 0.307. The van der Waals surface area contributed by atoms with Gasteiger partial charge in [-0.05, 0) is 48.0 Å². The van der Waals surface area contributed by atoms with Gasteiger partial charge in [-0.3, -0.25) is 20.3 Å². The van der Waals surface area contributed by atoms with E-state index in [2.05, 4.69) is 5.32 Å². The van der Waals surface area contributed by atoms with E-state index in [0.29, 0.717) is 17.7 Å². The number of piperazine rings is 1. The van der Waals surface area contributed by atoms with Crippen LogP contribution in [0.15, 0.2) is 12.1 Å². The van der Waals surface area contributed by atoms with Gasteiger partial charge in [0.15, 0.2) is 6.30 Å². The maximum Gasteiger partial charge on any atom is 0.412 e. The van der Waals surface area contributed by atoms with E-state index in [9.17, 15) is 19.7 Å². The van der Waals surface area contributed by atoms with Gasteiger partial charge in [0.05, 0.1) is 18.1 Å². The highest BCUT2D eigenvalue weighted by Gasteiger charge is 2.39. The lowest BCUT2D eigenvalue weighted by atomic mass is 10.0. The SMILES string of the molecule is CC(C)(C)OC(=O)Nc1cc2c(cc1[N+](=O)[O-])CN1C(CCO2)CN(C(=O)OC(C)(C)C)C[C@@H]1F. The van der Waals surface area contributed by atoms with Gasteiger partial charge in [-0.25, -0.2) is 14.0 Å². The van der Waals surface area contributed by atoms with Gasteiger partial charge < -0.3 is 19.1 Å². The highest BCUT2D eigenvalue weighted by atomic mass is 19.1. The Morgan fingerprint density at radius 3 is 2.40 bits per heavy atom. The summed E-state index contributed by atoms with van der Waals surface area (Å²) in [5.41, 5.74) is -1.52. The predicted molar refractivity (Wildman–Crippen MR) is 125 cm³/mol. The molecule has 1 saturated heterocycles. The number of hydrogen-bond acceptors (Lipinski definition) is 8. The molecule has 2 heterocycles. The van der Waals surface area contributed by atoms with Crippen LogP contribution < -0.4 is 10.1 Å². The van der Waals surface area contributed by atoms with Crippen molar-refractivity contribution in [2.75, 3.05) is 25.0 Å². The summed E-state index contributed by atoms with van der Waals surface area (Å²) in [6, 6.07) is 2.28. The summed E-state index contributed by atoms with van der Waals surface area (Å²) < 4.78 is 31.7. The number of amides is 2. The molecule has 194 valence electrons. The fourth-order valence-corrected chi connectivity index (χ4v) is 3.95. The summed E-state index contributed by atoms with van der Waals surface area (Å²) in [6.07, 6.45) is -2.50. The van der Waals surface area contributed by atoms with E-state index >= 15 is 4.39 Å². The topological polar surface area (TPSA) is 123 Å². The minimum absolute atomic E-state index is 0.0386. The molecule has 12 heteroatoms. The van der Waals surface area contributed by atoms with Crippen LogP contribution in [-0.4, -0.2) is 70.1 Å². The highest BCUT2D eigenvalue weighted by molar-refractivity contribution is 5.88. The minimum atomic E-state index is -1.49. The fraction of sp³-hybridized carbons (Fsp3) is 0.652. The molecule has 1 fully saturated rings. The van der Waals surface area contributed by atoms with E-state index in [0.717, 1.165) is 0 Å². The Kier molecular flexibility index (Phi) is 7.44. The van der Waals surface area contributed by atoms with E-state index < -0.39 is 34.6 Å². The van der Waals surface area contributed by atoms with Crippen molar-refractivity contribution in [2.24, 2.45) is 0 Å². The van der Waals surface area contributed by atoms with Crippen LogP contribution in [0.1, 0.15) is 53.5 Å². The first-order chi connectivity index (χ1) is 16.1. The van der Waals surface area contributed by atoms with Crippen molar-refractivity contribution >= 4 is 23.6 Å². The molecule has 0 aromatic heterocycles. The smallest absolute Gasteiger partial charge is 0.412 e. The molecule has 35 heavy (non-hydrogen) atoms. The zero-order chi connectivity index (χ0) is 26.1. The molecular formula is C23H33FN4O7. The lowest BCUT2D eigenvalue weighted by molar-refractivity contribution is -0.384. The number of fused-ring (bicyclic) bond motifs is 2. The standard InChI is InChI=1S/C23H33FN4O7/c1-22(2,3)34-20(29)25-16-10-18-14(9-17(16)28(31)32)11-27-15(7-8-33-18)12-26(13-19(27)24)21(30)35-23(4,5)6/h9-10,15,19H,7-8,11-13H2,1-6H3,(H,25,29)/t15?,19-/m1/s1. The van der Waals surface area contributed by atoms with Gasteiger partial charge in [-0.1, -0.05) is 0 Å². The van der Waals surface area contributed by atoms with E-state index in [-0.39, 0.29) is 43.7 Å². The Balaban J connectivity index is 1.83. The Labute approximate surface area is 203 Å². The normalized spacial score (nSPS) is 20.9. The molecule has 0 radical (unpaired) electrons. The third kappa shape index (κ3) is 6.93. The summed E-state index contributed by atoms with van der Waals surface area (Å²) in [4.78, 5) is 38.7. The van der Waals surface area contributed by atoms with Gasteiger partial charge >= 0.3 is 12.2 Å². The van der Waals surface area contributed by atoms with Crippen molar-refractivity contribution in [1.29, 1.82) is 0 Å². The fourth-order valence-electron chi connectivity index (χ4n) is 3.95. The third-order valence-corrected chi connectivity index (χ3v) is 5.36. The number of benzene rings is 1. The van der Waals surface area contributed by atoms with E-state index in [1.165, 1.54) is 17.0 Å². The first kappa shape index (κ1) is 26.5. The molecule has 0 bridgehead atoms. The lowest BCUT2D eigenvalue weighted by Crippen LogP contribution is -2.59. The van der Waals surface area contributed by atoms with Crippen LogP contribution in [-0.2, 0) is 16.0 Å². The molecule has 1 N–H and O–H groups in total. The number of alkyl halides is 1. The Hall–Kier alpha value is -3.15. The molecule has 1 aromatic rings. The molecule has 0 aliphatic carbocycles. The summed E-state index contributed by atoms with van der Waals surface area (Å²) in [5, 5.41) is 14.1. The van der Waals surface area contributed by atoms with Crippen molar-refractivity contribution < 1.29 is 33.1 Å². The lowest BCUT2D eigenvalue weighted by Gasteiger charge is -2.44. The number of nitro groups is 1. The number of anilines is 1. The summed E-state index contributed by atoms with van der Waals surface area (Å²) in [7, 11) is 0.